The minimum Gasteiger partial charge on any atom is -0.307 e. The summed E-state index contributed by atoms with van der Waals surface area (Å²) < 4.78 is 0. The molecule has 40 valence electrons. The SMILES string of the molecule is c1ncc2[nH][nH]cc1-2. The molecule has 2 rings (SSSR count). The van der Waals surface area contributed by atoms with Crippen LogP contribution in [-0.2, 0) is 0 Å². The summed E-state index contributed by atoms with van der Waals surface area (Å²) in [5.41, 5.74) is 2.19. The first-order chi connectivity index (χ1) is 3.97. The van der Waals surface area contributed by atoms with Crippen LogP contribution in [0.5, 0.6) is 0 Å². The fourth-order valence-corrected chi connectivity index (χ4v) is 0.747. The number of aromatic amines is 2. The predicted molar refractivity (Wildman–Crippen MR) is 29.6 cm³/mol. The molecule has 0 fully saturated rings. The highest BCUT2D eigenvalue weighted by Gasteiger charge is 1.99. The molecule has 0 spiro atoms. The Balaban J connectivity index is 2.84. The van der Waals surface area contributed by atoms with E-state index in [2.05, 4.69) is 15.2 Å². The highest BCUT2D eigenvalue weighted by Crippen LogP contribution is 2.14. The molecular weight excluding hydrogens is 102 g/mol. The van der Waals surface area contributed by atoms with Gasteiger partial charge in [0.25, 0.3) is 0 Å². The van der Waals surface area contributed by atoms with Crippen molar-refractivity contribution in [3.63, 3.8) is 0 Å². The third-order valence-electron chi connectivity index (χ3n) is 1.16. The van der Waals surface area contributed by atoms with Crippen LogP contribution in [0.25, 0.3) is 11.3 Å². The van der Waals surface area contributed by atoms with Crippen molar-refractivity contribution < 1.29 is 0 Å². The fourth-order valence-electron chi connectivity index (χ4n) is 0.747. The smallest absolute Gasteiger partial charge is 0.0825 e. The van der Waals surface area contributed by atoms with Gasteiger partial charge in [-0.25, -0.2) is 0 Å². The fraction of sp³-hybridized carbons (Fsp3) is 0. The zero-order valence-corrected chi connectivity index (χ0v) is 4.18. The van der Waals surface area contributed by atoms with Crippen LogP contribution in [0.2, 0.25) is 0 Å². The highest BCUT2D eigenvalue weighted by molar-refractivity contribution is 5.57. The molecule has 2 N–H and O–H groups in total. The summed E-state index contributed by atoms with van der Waals surface area (Å²) >= 11 is 0. The maximum atomic E-state index is 3.91. The average Bonchev–Trinajstić information content (AvgIpc) is 2.15. The second kappa shape index (κ2) is 1.12. The zero-order chi connectivity index (χ0) is 5.40. The van der Waals surface area contributed by atoms with Gasteiger partial charge >= 0.3 is 0 Å². The van der Waals surface area contributed by atoms with Gasteiger partial charge in [0.15, 0.2) is 0 Å². The first kappa shape index (κ1) is 3.72. The van der Waals surface area contributed by atoms with Crippen molar-refractivity contribution in [3.8, 4) is 11.3 Å². The van der Waals surface area contributed by atoms with E-state index in [0.717, 1.165) is 11.3 Å². The maximum Gasteiger partial charge on any atom is 0.0825 e. The van der Waals surface area contributed by atoms with E-state index in [9.17, 15) is 0 Å². The molecule has 0 saturated heterocycles. The summed E-state index contributed by atoms with van der Waals surface area (Å²) in [6.45, 7) is 0. The van der Waals surface area contributed by atoms with Crippen molar-refractivity contribution in [2.24, 2.45) is 0 Å². The van der Waals surface area contributed by atoms with Crippen LogP contribution in [-0.4, -0.2) is 15.2 Å². The Labute approximate surface area is 46.1 Å². The number of aromatic nitrogens is 3. The number of rotatable bonds is 0. The molecule has 0 saturated carbocycles. The summed E-state index contributed by atoms with van der Waals surface area (Å²) in [5.74, 6) is 0. The Morgan fingerprint density at radius 3 is 3.25 bits per heavy atom. The monoisotopic (exact) mass is 107 g/mol. The van der Waals surface area contributed by atoms with Gasteiger partial charge in [-0.2, -0.15) is 0 Å². The van der Waals surface area contributed by atoms with Crippen molar-refractivity contribution >= 4 is 0 Å². The van der Waals surface area contributed by atoms with Gasteiger partial charge in [-0.3, -0.25) is 10.1 Å². The molecule has 3 nitrogen and oxygen atoms in total. The molecule has 0 unspecified atom stereocenters. The second-order valence-electron chi connectivity index (χ2n) is 1.69. The van der Waals surface area contributed by atoms with Crippen molar-refractivity contribution in [2.45, 2.75) is 0 Å². The number of H-pyrrole nitrogens is 2. The van der Waals surface area contributed by atoms with Crippen molar-refractivity contribution in [1.82, 2.24) is 15.2 Å². The van der Waals surface area contributed by atoms with Gasteiger partial charge < -0.3 is 5.10 Å². The first-order valence-electron chi connectivity index (χ1n) is 2.42. The van der Waals surface area contributed by atoms with Gasteiger partial charge in [-0.15, -0.1) is 0 Å². The molecule has 0 aliphatic carbocycles. The van der Waals surface area contributed by atoms with E-state index >= 15 is 0 Å². The van der Waals surface area contributed by atoms with E-state index in [4.69, 9.17) is 0 Å². The highest BCUT2D eigenvalue weighted by atomic mass is 15.1. The van der Waals surface area contributed by atoms with Crippen LogP contribution in [0.3, 0.4) is 0 Å². The van der Waals surface area contributed by atoms with E-state index in [1.807, 2.05) is 12.4 Å². The maximum absolute atomic E-state index is 3.91. The van der Waals surface area contributed by atoms with Gasteiger partial charge in [0.1, 0.15) is 0 Å². The molecule has 2 aliphatic heterocycles. The Bertz CT molecular complexity index is 199. The molecule has 0 bridgehead atoms. The molecule has 8 heavy (non-hydrogen) atoms. The Hall–Kier alpha value is -1.25. The van der Waals surface area contributed by atoms with Gasteiger partial charge in [0.2, 0.25) is 0 Å². The number of fused-ring (bicyclic) bond motifs is 1. The third-order valence-corrected chi connectivity index (χ3v) is 1.16. The summed E-state index contributed by atoms with van der Waals surface area (Å²) in [5, 5.41) is 5.76. The quantitative estimate of drug-likeness (QED) is 0.514. The molecule has 0 aromatic rings. The lowest BCUT2D eigenvalue weighted by molar-refractivity contribution is 1.10. The van der Waals surface area contributed by atoms with Crippen LogP contribution in [0.1, 0.15) is 0 Å². The lowest BCUT2D eigenvalue weighted by Gasteiger charge is -1.74. The number of hydrogen-bond donors (Lipinski definition) is 2. The van der Waals surface area contributed by atoms with Gasteiger partial charge in [0, 0.05) is 18.0 Å². The van der Waals surface area contributed by atoms with E-state index in [0.29, 0.717) is 0 Å². The van der Waals surface area contributed by atoms with Crippen LogP contribution < -0.4 is 0 Å². The summed E-state index contributed by atoms with van der Waals surface area (Å²) in [6, 6.07) is 0. The molecule has 0 amide bonds. The first-order valence-corrected chi connectivity index (χ1v) is 2.42. The normalized spacial score (nSPS) is 10.5. The average molecular weight is 107 g/mol. The lowest BCUT2D eigenvalue weighted by Crippen LogP contribution is -1.63. The number of hydrogen-bond acceptors (Lipinski definition) is 1. The van der Waals surface area contributed by atoms with Crippen LogP contribution >= 0.6 is 0 Å². The minimum absolute atomic E-state index is 1.06. The molecule has 3 heteroatoms. The van der Waals surface area contributed by atoms with Crippen molar-refractivity contribution in [3.05, 3.63) is 18.6 Å². The molecule has 0 atom stereocenters. The molecule has 2 heterocycles. The van der Waals surface area contributed by atoms with E-state index in [1.165, 1.54) is 0 Å². The van der Waals surface area contributed by atoms with Crippen LogP contribution in [0.15, 0.2) is 18.6 Å². The number of nitrogens with zero attached hydrogens (tertiary/aromatic N) is 1. The van der Waals surface area contributed by atoms with Crippen LogP contribution in [0.4, 0.5) is 0 Å². The molecular formula is C5H5N3. The minimum atomic E-state index is 1.06. The van der Waals surface area contributed by atoms with Crippen molar-refractivity contribution in [1.29, 1.82) is 0 Å². The largest absolute Gasteiger partial charge is 0.307 e. The predicted octanol–water partition coefficient (Wildman–Crippen LogP) is 0.843. The Morgan fingerprint density at radius 2 is 2.38 bits per heavy atom. The number of nitrogens with one attached hydrogen (secondary N) is 2. The molecule has 2 aliphatic rings. The zero-order valence-electron chi connectivity index (χ0n) is 4.18. The summed E-state index contributed by atoms with van der Waals surface area (Å²) in [6.07, 6.45) is 5.47. The van der Waals surface area contributed by atoms with Gasteiger partial charge in [-0.1, -0.05) is 0 Å². The lowest BCUT2D eigenvalue weighted by atomic mass is 10.3. The van der Waals surface area contributed by atoms with E-state index < -0.39 is 0 Å². The van der Waals surface area contributed by atoms with E-state index in [1.54, 1.807) is 6.20 Å². The van der Waals surface area contributed by atoms with Crippen LogP contribution in [0, 0.1) is 0 Å². The van der Waals surface area contributed by atoms with Crippen molar-refractivity contribution in [2.75, 3.05) is 0 Å². The Morgan fingerprint density at radius 1 is 1.38 bits per heavy atom. The summed E-state index contributed by atoms with van der Waals surface area (Å²) in [4.78, 5) is 3.91. The van der Waals surface area contributed by atoms with E-state index in [-0.39, 0.29) is 0 Å². The van der Waals surface area contributed by atoms with Gasteiger partial charge in [-0.05, 0) is 0 Å². The molecule has 0 aromatic carbocycles. The topological polar surface area (TPSA) is 44.5 Å². The second-order valence-corrected chi connectivity index (χ2v) is 1.69. The molecule has 0 radical (unpaired) electrons. The third kappa shape index (κ3) is 0.307. The summed E-state index contributed by atoms with van der Waals surface area (Å²) in [7, 11) is 0. The van der Waals surface area contributed by atoms with Gasteiger partial charge in [0.05, 0.1) is 11.9 Å². The molecule has 0 aromatic heterocycles. The Kier molecular flexibility index (Phi) is 0.521. The standard InChI is InChI=1S/C5H5N3/c1-4-2-7-8-5(4)3-6-1/h1-3,7-8H.